The fourth-order valence-corrected chi connectivity index (χ4v) is 3.36. The van der Waals surface area contributed by atoms with E-state index in [0.29, 0.717) is 22.9 Å². The lowest BCUT2D eigenvalue weighted by molar-refractivity contribution is 0.100. The van der Waals surface area contributed by atoms with Crippen LogP contribution in [0.25, 0.3) is 10.1 Å². The van der Waals surface area contributed by atoms with Gasteiger partial charge in [0.1, 0.15) is 10.6 Å². The Labute approximate surface area is 119 Å². The zero-order valence-electron chi connectivity index (χ0n) is 10.6. The van der Waals surface area contributed by atoms with Gasteiger partial charge >= 0.3 is 0 Å². The molecule has 0 atom stereocenters. The van der Waals surface area contributed by atoms with E-state index in [1.807, 2.05) is 25.3 Å². The number of anilines is 2. The number of ether oxygens (including phenoxy) is 1. The Morgan fingerprint density at radius 1 is 1.53 bits per heavy atom. The number of primary amides is 1. The Morgan fingerprint density at radius 2 is 2.26 bits per heavy atom. The molecule has 1 aromatic carbocycles. The fourth-order valence-electron chi connectivity index (χ4n) is 1.85. The summed E-state index contributed by atoms with van der Waals surface area (Å²) in [7, 11) is 0. The van der Waals surface area contributed by atoms with Gasteiger partial charge in [0, 0.05) is 6.26 Å². The third kappa shape index (κ3) is 2.43. The summed E-state index contributed by atoms with van der Waals surface area (Å²) in [6, 6.07) is 3.75. The van der Waals surface area contributed by atoms with E-state index in [2.05, 4.69) is 4.72 Å². The van der Waals surface area contributed by atoms with Crippen LogP contribution >= 0.6 is 23.3 Å². The molecule has 5 N–H and O–H groups in total. The monoisotopic (exact) mass is 297 g/mol. The van der Waals surface area contributed by atoms with E-state index < -0.39 is 5.91 Å². The van der Waals surface area contributed by atoms with Crippen molar-refractivity contribution in [2.75, 3.05) is 23.3 Å². The molecule has 1 aromatic heterocycles. The summed E-state index contributed by atoms with van der Waals surface area (Å²) in [5.41, 5.74) is 12.7. The average molecular weight is 297 g/mol. The zero-order valence-corrected chi connectivity index (χ0v) is 12.3. The number of benzene rings is 1. The maximum absolute atomic E-state index is 11.4. The number of carbonyl (C=O) groups is 1. The highest BCUT2D eigenvalue weighted by Gasteiger charge is 2.19. The van der Waals surface area contributed by atoms with Gasteiger partial charge in [-0.3, -0.25) is 4.79 Å². The van der Waals surface area contributed by atoms with Gasteiger partial charge in [-0.05, 0) is 19.1 Å². The SMILES string of the molecule is CCOc1ccc(NSC)c2sc(C(N)=O)c(N)c12. The first kappa shape index (κ1) is 13.8. The van der Waals surface area contributed by atoms with Crippen LogP contribution in [0.4, 0.5) is 11.4 Å². The van der Waals surface area contributed by atoms with Crippen LogP contribution in [0.15, 0.2) is 12.1 Å². The van der Waals surface area contributed by atoms with Gasteiger partial charge in [-0.25, -0.2) is 0 Å². The van der Waals surface area contributed by atoms with Crippen molar-refractivity contribution in [3.05, 3.63) is 17.0 Å². The Bertz CT molecular complexity index is 625. The first-order chi connectivity index (χ1) is 9.10. The molecule has 0 saturated carbocycles. The van der Waals surface area contributed by atoms with E-state index in [1.165, 1.54) is 23.3 Å². The highest BCUT2D eigenvalue weighted by Crippen LogP contribution is 2.43. The van der Waals surface area contributed by atoms with Crippen molar-refractivity contribution in [2.24, 2.45) is 5.73 Å². The van der Waals surface area contributed by atoms with Crippen LogP contribution in [0, 0.1) is 0 Å². The van der Waals surface area contributed by atoms with Gasteiger partial charge in [-0.1, -0.05) is 11.9 Å². The minimum absolute atomic E-state index is 0.367. The van der Waals surface area contributed by atoms with Crippen LogP contribution in [-0.2, 0) is 0 Å². The largest absolute Gasteiger partial charge is 0.493 e. The number of nitrogens with two attached hydrogens (primary N) is 2. The van der Waals surface area contributed by atoms with Crippen LogP contribution in [-0.4, -0.2) is 18.8 Å². The topological polar surface area (TPSA) is 90.4 Å². The molecule has 2 rings (SSSR count). The van der Waals surface area contributed by atoms with E-state index in [0.717, 1.165) is 15.8 Å². The zero-order chi connectivity index (χ0) is 14.0. The van der Waals surface area contributed by atoms with Gasteiger partial charge in [0.15, 0.2) is 0 Å². The molecule has 0 fully saturated rings. The van der Waals surface area contributed by atoms with E-state index >= 15 is 0 Å². The van der Waals surface area contributed by atoms with E-state index in [4.69, 9.17) is 16.2 Å². The third-order valence-corrected chi connectivity index (χ3v) is 4.25. The molecule has 1 heterocycles. The summed E-state index contributed by atoms with van der Waals surface area (Å²) >= 11 is 2.75. The standard InChI is InChI=1S/C12H15N3O2S2/c1-3-17-7-5-4-6(15-18-2)10-8(7)9(13)11(19-10)12(14)16/h4-5,15H,3,13H2,1-2H3,(H2,14,16). The number of hydrogen-bond acceptors (Lipinski definition) is 6. The summed E-state index contributed by atoms with van der Waals surface area (Å²) in [5.74, 6) is 0.154. The lowest BCUT2D eigenvalue weighted by atomic mass is 10.2. The van der Waals surface area contributed by atoms with Crippen LogP contribution in [0.5, 0.6) is 5.75 Å². The van der Waals surface area contributed by atoms with Gasteiger partial charge < -0.3 is 20.9 Å². The maximum Gasteiger partial charge on any atom is 0.260 e. The highest BCUT2D eigenvalue weighted by atomic mass is 32.2. The lowest BCUT2D eigenvalue weighted by Gasteiger charge is -2.09. The Balaban J connectivity index is 2.73. The first-order valence-electron chi connectivity index (χ1n) is 5.66. The predicted octanol–water partition coefficient (Wildman–Crippen LogP) is 2.67. The molecule has 102 valence electrons. The minimum atomic E-state index is -0.517. The molecule has 5 nitrogen and oxygen atoms in total. The second kappa shape index (κ2) is 5.58. The van der Waals surface area contributed by atoms with Gasteiger partial charge in [0.25, 0.3) is 5.91 Å². The van der Waals surface area contributed by atoms with E-state index in [9.17, 15) is 4.79 Å². The number of thiophene rings is 1. The third-order valence-electron chi connectivity index (χ3n) is 2.57. The maximum atomic E-state index is 11.4. The summed E-state index contributed by atoms with van der Waals surface area (Å²) in [5, 5.41) is 0.750. The average Bonchev–Trinajstić information content (AvgIpc) is 2.72. The number of carbonyl (C=O) groups excluding carboxylic acids is 1. The van der Waals surface area contributed by atoms with Gasteiger partial charge in [-0.2, -0.15) is 0 Å². The normalized spacial score (nSPS) is 10.6. The van der Waals surface area contributed by atoms with Crippen LogP contribution in [0.2, 0.25) is 0 Å². The second-order valence-electron chi connectivity index (χ2n) is 3.76. The fraction of sp³-hybridized carbons (Fsp3) is 0.250. The van der Waals surface area contributed by atoms with Crippen LogP contribution in [0.3, 0.4) is 0 Å². The quantitative estimate of drug-likeness (QED) is 0.738. The second-order valence-corrected chi connectivity index (χ2v) is 5.40. The van der Waals surface area contributed by atoms with Gasteiger partial charge in [0.05, 0.1) is 28.1 Å². The molecule has 0 aliphatic heterocycles. The molecule has 0 saturated heterocycles. The van der Waals surface area contributed by atoms with Crippen molar-refractivity contribution < 1.29 is 9.53 Å². The van der Waals surface area contributed by atoms with Crippen LogP contribution < -0.4 is 20.9 Å². The number of nitrogen functional groups attached to an aromatic ring is 1. The molecule has 0 bridgehead atoms. The molecular weight excluding hydrogens is 282 g/mol. The highest BCUT2D eigenvalue weighted by molar-refractivity contribution is 7.99. The van der Waals surface area contributed by atoms with Crippen molar-refractivity contribution in [3.63, 3.8) is 0 Å². The smallest absolute Gasteiger partial charge is 0.260 e. The van der Waals surface area contributed by atoms with Gasteiger partial charge in [0.2, 0.25) is 0 Å². The molecule has 2 aromatic rings. The molecule has 1 amide bonds. The molecule has 0 radical (unpaired) electrons. The Morgan fingerprint density at radius 3 is 2.84 bits per heavy atom. The van der Waals surface area contributed by atoms with Crippen molar-refractivity contribution in [1.29, 1.82) is 0 Å². The van der Waals surface area contributed by atoms with E-state index in [1.54, 1.807) is 0 Å². The van der Waals surface area contributed by atoms with E-state index in [-0.39, 0.29) is 0 Å². The number of amides is 1. The summed E-state index contributed by atoms with van der Waals surface area (Å²) in [6.45, 7) is 2.43. The molecule has 0 unspecified atom stereocenters. The molecule has 19 heavy (non-hydrogen) atoms. The van der Waals surface area contributed by atoms with Gasteiger partial charge in [-0.15, -0.1) is 11.3 Å². The number of fused-ring (bicyclic) bond motifs is 1. The molecule has 0 aliphatic rings. The number of nitrogens with one attached hydrogen (secondary N) is 1. The van der Waals surface area contributed by atoms with Crippen LogP contribution in [0.1, 0.15) is 16.6 Å². The lowest BCUT2D eigenvalue weighted by Crippen LogP contribution is -2.10. The number of rotatable bonds is 5. The molecule has 0 spiro atoms. The molecule has 0 aliphatic carbocycles. The Hall–Kier alpha value is -1.60. The predicted molar refractivity (Wildman–Crippen MR) is 83.1 cm³/mol. The van der Waals surface area contributed by atoms with Crippen molar-refractivity contribution >= 4 is 50.7 Å². The summed E-state index contributed by atoms with van der Waals surface area (Å²) in [4.78, 5) is 11.8. The molecule has 7 heteroatoms. The van der Waals surface area contributed by atoms with Crippen molar-refractivity contribution in [3.8, 4) is 5.75 Å². The molecular formula is C12H15N3O2S2. The van der Waals surface area contributed by atoms with Crippen molar-refractivity contribution in [1.82, 2.24) is 0 Å². The minimum Gasteiger partial charge on any atom is -0.493 e. The first-order valence-corrected chi connectivity index (χ1v) is 7.70. The summed E-state index contributed by atoms with van der Waals surface area (Å²) < 4.78 is 9.61. The number of hydrogen-bond donors (Lipinski definition) is 3. The Kier molecular flexibility index (Phi) is 4.06. The summed E-state index contributed by atoms with van der Waals surface area (Å²) in [6.07, 6.45) is 1.92. The van der Waals surface area contributed by atoms with Crippen molar-refractivity contribution in [2.45, 2.75) is 6.92 Å².